The van der Waals surface area contributed by atoms with Gasteiger partial charge < -0.3 is 10.0 Å². The van der Waals surface area contributed by atoms with Crippen molar-refractivity contribution in [3.63, 3.8) is 0 Å². The second-order valence-corrected chi connectivity index (χ2v) is 8.44. The van der Waals surface area contributed by atoms with E-state index in [0.29, 0.717) is 13.0 Å². The Hall–Kier alpha value is -1.15. The quantitative estimate of drug-likeness (QED) is 0.802. The van der Waals surface area contributed by atoms with Crippen molar-refractivity contribution in [2.45, 2.75) is 38.1 Å². The largest absolute Gasteiger partial charge is 0.481 e. The highest BCUT2D eigenvalue weighted by molar-refractivity contribution is 7.88. The summed E-state index contributed by atoms with van der Waals surface area (Å²) < 4.78 is 23.9. The molecule has 2 rings (SSSR count). The van der Waals surface area contributed by atoms with E-state index in [2.05, 4.69) is 0 Å². The van der Waals surface area contributed by atoms with Crippen molar-refractivity contribution >= 4 is 21.9 Å². The zero-order valence-electron chi connectivity index (χ0n) is 13.1. The van der Waals surface area contributed by atoms with Gasteiger partial charge in [-0.05, 0) is 25.2 Å². The lowest BCUT2D eigenvalue weighted by atomic mass is 9.72. The topological polar surface area (TPSA) is 95.0 Å². The van der Waals surface area contributed by atoms with Crippen molar-refractivity contribution in [3.8, 4) is 0 Å². The van der Waals surface area contributed by atoms with Crippen LogP contribution < -0.4 is 0 Å². The van der Waals surface area contributed by atoms with Gasteiger partial charge in [-0.3, -0.25) is 9.59 Å². The third-order valence-corrected chi connectivity index (χ3v) is 6.20. The summed E-state index contributed by atoms with van der Waals surface area (Å²) in [6.45, 7) is 0.217. The molecular weight excluding hydrogens is 308 g/mol. The number of fused-ring (bicyclic) bond motifs is 1. The van der Waals surface area contributed by atoms with Crippen molar-refractivity contribution in [3.05, 3.63) is 0 Å². The SMILES string of the molecule is CN(CC(=O)N1CCC(C(=O)O)C2CCCCC21)S(C)(=O)=O. The number of carbonyl (C=O) groups excluding carboxylic acids is 1. The van der Waals surface area contributed by atoms with Crippen molar-refractivity contribution in [2.24, 2.45) is 11.8 Å². The Kier molecular flexibility index (Phi) is 5.11. The molecule has 126 valence electrons. The van der Waals surface area contributed by atoms with E-state index in [1.807, 2.05) is 0 Å². The summed E-state index contributed by atoms with van der Waals surface area (Å²) in [5.74, 6) is -1.40. The van der Waals surface area contributed by atoms with E-state index < -0.39 is 16.0 Å². The number of carbonyl (C=O) groups is 2. The lowest BCUT2D eigenvalue weighted by Gasteiger charge is -2.47. The van der Waals surface area contributed by atoms with Gasteiger partial charge in [0.05, 0.1) is 18.7 Å². The number of aliphatic carboxylic acids is 1. The molecule has 1 amide bonds. The maximum Gasteiger partial charge on any atom is 0.306 e. The average Bonchev–Trinajstić information content (AvgIpc) is 2.44. The van der Waals surface area contributed by atoms with E-state index in [9.17, 15) is 23.1 Å². The van der Waals surface area contributed by atoms with Crippen LogP contribution in [-0.4, -0.2) is 67.0 Å². The lowest BCUT2D eigenvalue weighted by Crippen LogP contribution is -2.56. The van der Waals surface area contributed by atoms with Gasteiger partial charge in [0.15, 0.2) is 0 Å². The molecule has 1 heterocycles. The summed E-state index contributed by atoms with van der Waals surface area (Å²) in [6, 6.07) is -0.0657. The average molecular weight is 332 g/mol. The molecule has 7 nitrogen and oxygen atoms in total. The summed E-state index contributed by atoms with van der Waals surface area (Å²) in [7, 11) is -2.01. The first-order chi connectivity index (χ1) is 10.2. The molecule has 3 atom stereocenters. The second-order valence-electron chi connectivity index (χ2n) is 6.36. The molecule has 2 aliphatic rings. The number of carboxylic acids is 1. The van der Waals surface area contributed by atoms with Gasteiger partial charge in [-0.2, -0.15) is 4.31 Å². The number of likely N-dealkylation sites (N-methyl/N-ethyl adjacent to an activating group) is 1. The molecule has 1 saturated carbocycles. The van der Waals surface area contributed by atoms with Crippen molar-refractivity contribution < 1.29 is 23.1 Å². The highest BCUT2D eigenvalue weighted by atomic mass is 32.2. The van der Waals surface area contributed by atoms with E-state index in [0.717, 1.165) is 36.2 Å². The monoisotopic (exact) mass is 332 g/mol. The second kappa shape index (κ2) is 6.54. The van der Waals surface area contributed by atoms with E-state index in [1.54, 1.807) is 4.90 Å². The third-order valence-electron chi connectivity index (χ3n) is 4.94. The van der Waals surface area contributed by atoms with Gasteiger partial charge in [0.2, 0.25) is 15.9 Å². The molecule has 1 aliphatic carbocycles. The summed E-state index contributed by atoms with van der Waals surface area (Å²) >= 11 is 0. The first kappa shape index (κ1) is 17.2. The highest BCUT2D eigenvalue weighted by Gasteiger charge is 2.44. The minimum atomic E-state index is -3.40. The predicted octanol–water partition coefficient (Wildman–Crippen LogP) is 0.370. The maximum absolute atomic E-state index is 12.5. The minimum Gasteiger partial charge on any atom is -0.481 e. The van der Waals surface area contributed by atoms with Crippen LogP contribution in [0.25, 0.3) is 0 Å². The first-order valence-corrected chi connectivity index (χ1v) is 9.50. The van der Waals surface area contributed by atoms with Crippen LogP contribution in [0.2, 0.25) is 0 Å². The van der Waals surface area contributed by atoms with Gasteiger partial charge in [0, 0.05) is 19.6 Å². The number of nitrogens with zero attached hydrogens (tertiary/aromatic N) is 2. The number of rotatable bonds is 4. The molecule has 0 aromatic carbocycles. The van der Waals surface area contributed by atoms with Crippen LogP contribution in [0, 0.1) is 11.8 Å². The number of hydrogen-bond acceptors (Lipinski definition) is 4. The molecule has 22 heavy (non-hydrogen) atoms. The predicted molar refractivity (Wildman–Crippen MR) is 80.7 cm³/mol. The Bertz CT molecular complexity index is 547. The maximum atomic E-state index is 12.5. The van der Waals surface area contributed by atoms with E-state index in [-0.39, 0.29) is 30.3 Å². The number of sulfonamides is 1. The van der Waals surface area contributed by atoms with Crippen LogP contribution in [0.5, 0.6) is 0 Å². The molecule has 0 bridgehead atoms. The third kappa shape index (κ3) is 3.60. The number of amides is 1. The fraction of sp³-hybridized carbons (Fsp3) is 0.857. The van der Waals surface area contributed by atoms with Crippen LogP contribution in [0.3, 0.4) is 0 Å². The summed E-state index contributed by atoms with van der Waals surface area (Å²) in [5.41, 5.74) is 0. The molecule has 1 saturated heterocycles. The Morgan fingerprint density at radius 2 is 1.86 bits per heavy atom. The van der Waals surface area contributed by atoms with E-state index in [4.69, 9.17) is 0 Å². The molecule has 0 spiro atoms. The minimum absolute atomic E-state index is 0.00695. The van der Waals surface area contributed by atoms with Gasteiger partial charge in [0.1, 0.15) is 0 Å². The Morgan fingerprint density at radius 1 is 1.23 bits per heavy atom. The van der Waals surface area contributed by atoms with Gasteiger partial charge in [-0.15, -0.1) is 0 Å². The molecule has 8 heteroatoms. The van der Waals surface area contributed by atoms with Crippen molar-refractivity contribution in [1.29, 1.82) is 0 Å². The van der Waals surface area contributed by atoms with E-state index >= 15 is 0 Å². The molecular formula is C14H24N2O5S. The van der Waals surface area contributed by atoms with Crippen LogP contribution in [0.1, 0.15) is 32.1 Å². The van der Waals surface area contributed by atoms with E-state index in [1.165, 1.54) is 7.05 Å². The van der Waals surface area contributed by atoms with Crippen LogP contribution >= 0.6 is 0 Å². The van der Waals surface area contributed by atoms with Crippen LogP contribution in [0.4, 0.5) is 0 Å². The number of carboxylic acid groups (broad SMARTS) is 1. The van der Waals surface area contributed by atoms with Gasteiger partial charge >= 0.3 is 5.97 Å². The van der Waals surface area contributed by atoms with Gasteiger partial charge in [-0.25, -0.2) is 8.42 Å². The summed E-state index contributed by atoms with van der Waals surface area (Å²) in [6.07, 6.45) is 5.14. The normalized spacial score (nSPS) is 29.2. The summed E-state index contributed by atoms with van der Waals surface area (Å²) in [5, 5.41) is 9.36. The Balaban J connectivity index is 2.11. The van der Waals surface area contributed by atoms with Crippen LogP contribution in [-0.2, 0) is 19.6 Å². The van der Waals surface area contributed by atoms with Crippen molar-refractivity contribution in [2.75, 3.05) is 26.4 Å². The number of piperidine rings is 1. The molecule has 2 fully saturated rings. The Morgan fingerprint density at radius 3 is 2.45 bits per heavy atom. The standard InChI is InChI=1S/C14H24N2O5S/c1-15(22(2,20)21)9-13(17)16-8-7-11(14(18)19)10-5-3-4-6-12(10)16/h10-12H,3-9H2,1-2H3,(H,18,19). The zero-order valence-corrected chi connectivity index (χ0v) is 13.9. The fourth-order valence-electron chi connectivity index (χ4n) is 3.67. The molecule has 0 radical (unpaired) electrons. The lowest BCUT2D eigenvalue weighted by molar-refractivity contribution is -0.153. The molecule has 1 N–H and O–H groups in total. The molecule has 0 aromatic heterocycles. The highest BCUT2D eigenvalue weighted by Crippen LogP contribution is 2.39. The molecule has 1 aliphatic heterocycles. The Labute approximate surface area is 131 Å². The first-order valence-electron chi connectivity index (χ1n) is 7.65. The zero-order chi connectivity index (χ0) is 16.5. The van der Waals surface area contributed by atoms with Gasteiger partial charge in [0.25, 0.3) is 0 Å². The van der Waals surface area contributed by atoms with Crippen LogP contribution in [0.15, 0.2) is 0 Å². The summed E-state index contributed by atoms with van der Waals surface area (Å²) in [4.78, 5) is 25.6. The molecule has 0 aromatic rings. The number of hydrogen-bond donors (Lipinski definition) is 1. The smallest absolute Gasteiger partial charge is 0.306 e. The molecule has 3 unspecified atom stereocenters. The van der Waals surface area contributed by atoms with Gasteiger partial charge in [-0.1, -0.05) is 12.8 Å². The fourth-order valence-corrected chi connectivity index (χ4v) is 4.01. The van der Waals surface area contributed by atoms with Crippen molar-refractivity contribution in [1.82, 2.24) is 9.21 Å². The number of likely N-dealkylation sites (tertiary alicyclic amines) is 1.